The van der Waals surface area contributed by atoms with Crippen molar-refractivity contribution in [1.29, 1.82) is 0 Å². The molecular weight excluding hydrogens is 432 g/mol. The van der Waals surface area contributed by atoms with Crippen LogP contribution in [0.15, 0.2) is 80.9 Å². The third kappa shape index (κ3) is 4.76. The third-order valence-electron chi connectivity index (χ3n) is 5.67. The molecule has 0 aliphatic rings. The first-order chi connectivity index (χ1) is 16.3. The van der Waals surface area contributed by atoms with Crippen LogP contribution in [0.1, 0.15) is 52.7 Å². The fourth-order valence-corrected chi connectivity index (χ4v) is 3.59. The van der Waals surface area contributed by atoms with Crippen molar-refractivity contribution in [3.05, 3.63) is 116 Å². The Morgan fingerprint density at radius 2 is 1.76 bits per heavy atom. The molecule has 34 heavy (non-hydrogen) atoms. The lowest BCUT2D eigenvalue weighted by Gasteiger charge is -2.14. The summed E-state index contributed by atoms with van der Waals surface area (Å²) < 4.78 is 7.39. The Bertz CT molecular complexity index is 1410. The molecule has 0 spiro atoms. The lowest BCUT2D eigenvalue weighted by Crippen LogP contribution is -2.46. The molecule has 0 bridgehead atoms. The molecule has 4 aromatic rings. The van der Waals surface area contributed by atoms with Gasteiger partial charge in [-0.1, -0.05) is 50.2 Å². The van der Waals surface area contributed by atoms with Gasteiger partial charge in [-0.05, 0) is 53.8 Å². The average molecular weight is 459 g/mol. The lowest BCUT2D eigenvalue weighted by atomic mass is 10.0. The Kier molecular flexibility index (Phi) is 6.58. The highest BCUT2D eigenvalue weighted by atomic mass is 16.3. The van der Waals surface area contributed by atoms with Crippen molar-refractivity contribution in [3.63, 3.8) is 0 Å². The Hall–Kier alpha value is -4.20. The molecule has 0 saturated carbocycles. The van der Waals surface area contributed by atoms with Crippen molar-refractivity contribution >= 4 is 5.91 Å². The highest BCUT2D eigenvalue weighted by Crippen LogP contribution is 2.16. The van der Waals surface area contributed by atoms with Crippen molar-refractivity contribution in [2.75, 3.05) is 0 Å². The fraction of sp³-hybridized carbons (Fsp3) is 0.231. The monoisotopic (exact) mass is 458 g/mol. The van der Waals surface area contributed by atoms with Crippen molar-refractivity contribution in [3.8, 4) is 5.69 Å². The zero-order valence-corrected chi connectivity index (χ0v) is 19.3. The molecule has 174 valence electrons. The molecule has 8 nitrogen and oxygen atoms in total. The largest absolute Gasteiger partial charge is 0.467 e. The van der Waals surface area contributed by atoms with E-state index >= 15 is 0 Å². The van der Waals surface area contributed by atoms with E-state index in [2.05, 4.69) is 24.3 Å². The number of aryl methyl sites for hydroxylation is 1. The Balaban J connectivity index is 1.80. The summed E-state index contributed by atoms with van der Waals surface area (Å²) in [6.07, 6.45) is 1.50. The minimum atomic E-state index is -0.750. The van der Waals surface area contributed by atoms with Crippen LogP contribution in [-0.2, 0) is 13.1 Å². The number of furan rings is 1. The minimum absolute atomic E-state index is 0.0232. The molecule has 2 aromatic heterocycles. The van der Waals surface area contributed by atoms with E-state index in [0.717, 1.165) is 25.9 Å². The Morgan fingerprint density at radius 3 is 2.41 bits per heavy atom. The van der Waals surface area contributed by atoms with E-state index in [1.54, 1.807) is 24.3 Å². The maximum atomic E-state index is 13.4. The summed E-state index contributed by atoms with van der Waals surface area (Å²) >= 11 is 0. The topological polar surface area (TPSA) is 99.1 Å². The van der Waals surface area contributed by atoms with Gasteiger partial charge in [-0.2, -0.15) is 9.78 Å². The van der Waals surface area contributed by atoms with Gasteiger partial charge in [0.05, 0.1) is 25.0 Å². The number of aromatic nitrogens is 3. The molecule has 1 amide bonds. The van der Waals surface area contributed by atoms with Gasteiger partial charge in [0, 0.05) is 0 Å². The molecule has 0 atom stereocenters. The summed E-state index contributed by atoms with van der Waals surface area (Å²) in [6.45, 7) is 6.16. The van der Waals surface area contributed by atoms with Gasteiger partial charge >= 0.3 is 5.69 Å². The average Bonchev–Trinajstić information content (AvgIpc) is 3.35. The zero-order valence-electron chi connectivity index (χ0n) is 19.3. The summed E-state index contributed by atoms with van der Waals surface area (Å²) in [5.41, 5.74) is 1.56. The molecule has 0 aliphatic heterocycles. The van der Waals surface area contributed by atoms with E-state index in [4.69, 9.17) is 4.42 Å². The van der Waals surface area contributed by atoms with Gasteiger partial charge in [-0.25, -0.2) is 4.79 Å². The quantitative estimate of drug-likeness (QED) is 0.458. The van der Waals surface area contributed by atoms with Crippen LogP contribution in [0.25, 0.3) is 5.69 Å². The van der Waals surface area contributed by atoms with Gasteiger partial charge in [0.25, 0.3) is 11.5 Å². The second-order valence-electron chi connectivity index (χ2n) is 8.37. The van der Waals surface area contributed by atoms with E-state index < -0.39 is 17.2 Å². The first-order valence-electron chi connectivity index (χ1n) is 11.0. The predicted octanol–water partition coefficient (Wildman–Crippen LogP) is 3.40. The first kappa shape index (κ1) is 23.0. The van der Waals surface area contributed by atoms with Crippen molar-refractivity contribution in [1.82, 2.24) is 19.7 Å². The van der Waals surface area contributed by atoms with Crippen LogP contribution in [0.4, 0.5) is 0 Å². The van der Waals surface area contributed by atoms with Crippen LogP contribution < -0.4 is 16.6 Å². The SMILES string of the molecule is Cc1ccccc1Cn1c(=O)c(C(=O)NCc2ccco2)nn(-c2ccc(C(C)C)cc2)c1=O. The molecule has 0 saturated heterocycles. The molecule has 0 fully saturated rings. The molecule has 4 rings (SSSR count). The molecule has 0 radical (unpaired) electrons. The maximum Gasteiger partial charge on any atom is 0.352 e. The first-order valence-corrected chi connectivity index (χ1v) is 11.0. The van der Waals surface area contributed by atoms with Crippen LogP contribution in [-0.4, -0.2) is 20.3 Å². The number of nitrogens with one attached hydrogen (secondary N) is 1. The number of nitrogens with zero attached hydrogens (tertiary/aromatic N) is 3. The standard InChI is InChI=1S/C26H26N4O4/c1-17(2)19-10-12-21(13-11-19)30-26(33)29(16-20-8-5-4-7-18(20)3)25(32)23(28-30)24(31)27-15-22-9-6-14-34-22/h4-14,17H,15-16H2,1-3H3,(H,27,31). The van der Waals surface area contributed by atoms with Crippen LogP contribution in [0.2, 0.25) is 0 Å². The third-order valence-corrected chi connectivity index (χ3v) is 5.67. The van der Waals surface area contributed by atoms with Crippen LogP contribution in [0, 0.1) is 6.92 Å². The number of carbonyl (C=O) groups excluding carboxylic acids is 1. The number of hydrogen-bond acceptors (Lipinski definition) is 5. The number of rotatable bonds is 7. The number of amides is 1. The van der Waals surface area contributed by atoms with Gasteiger partial charge in [-0.15, -0.1) is 0 Å². The predicted molar refractivity (Wildman–Crippen MR) is 128 cm³/mol. The van der Waals surface area contributed by atoms with Gasteiger partial charge in [0.1, 0.15) is 5.76 Å². The fourth-order valence-electron chi connectivity index (χ4n) is 3.59. The molecule has 0 aliphatic carbocycles. The summed E-state index contributed by atoms with van der Waals surface area (Å²) in [5.74, 6) is 0.162. The molecule has 2 heterocycles. The highest BCUT2D eigenvalue weighted by molar-refractivity contribution is 5.91. The second-order valence-corrected chi connectivity index (χ2v) is 8.37. The summed E-state index contributed by atoms with van der Waals surface area (Å²) in [4.78, 5) is 39.5. The van der Waals surface area contributed by atoms with E-state index in [0.29, 0.717) is 17.4 Å². The lowest BCUT2D eigenvalue weighted by molar-refractivity contribution is 0.0938. The van der Waals surface area contributed by atoms with E-state index in [9.17, 15) is 14.4 Å². The molecular formula is C26H26N4O4. The van der Waals surface area contributed by atoms with Gasteiger partial charge in [-0.3, -0.25) is 14.2 Å². The van der Waals surface area contributed by atoms with Crippen LogP contribution in [0.5, 0.6) is 0 Å². The minimum Gasteiger partial charge on any atom is -0.467 e. The normalized spacial score (nSPS) is 11.1. The number of carbonyl (C=O) groups is 1. The second kappa shape index (κ2) is 9.74. The highest BCUT2D eigenvalue weighted by Gasteiger charge is 2.21. The summed E-state index contributed by atoms with van der Waals surface area (Å²) in [6, 6.07) is 18.2. The number of hydrogen-bond donors (Lipinski definition) is 1. The molecule has 1 N–H and O–H groups in total. The van der Waals surface area contributed by atoms with Crippen LogP contribution >= 0.6 is 0 Å². The Labute approximate surface area is 196 Å². The van der Waals surface area contributed by atoms with Gasteiger partial charge in [0.15, 0.2) is 0 Å². The van der Waals surface area contributed by atoms with E-state index in [1.807, 2.05) is 43.3 Å². The molecule has 2 aromatic carbocycles. The van der Waals surface area contributed by atoms with Gasteiger partial charge in [0.2, 0.25) is 5.69 Å². The molecule has 8 heteroatoms. The van der Waals surface area contributed by atoms with Crippen molar-refractivity contribution in [2.45, 2.75) is 39.8 Å². The van der Waals surface area contributed by atoms with Gasteiger partial charge < -0.3 is 9.73 Å². The Morgan fingerprint density at radius 1 is 1.03 bits per heavy atom. The van der Waals surface area contributed by atoms with E-state index in [1.165, 1.54) is 6.26 Å². The molecule has 0 unspecified atom stereocenters. The zero-order chi connectivity index (χ0) is 24.2. The number of benzene rings is 2. The van der Waals surface area contributed by atoms with Crippen molar-refractivity contribution in [2.24, 2.45) is 0 Å². The summed E-state index contributed by atoms with van der Waals surface area (Å²) in [5, 5.41) is 6.81. The maximum absolute atomic E-state index is 13.4. The van der Waals surface area contributed by atoms with E-state index in [-0.39, 0.29) is 18.8 Å². The van der Waals surface area contributed by atoms with Crippen molar-refractivity contribution < 1.29 is 9.21 Å². The smallest absolute Gasteiger partial charge is 0.352 e. The summed E-state index contributed by atoms with van der Waals surface area (Å²) in [7, 11) is 0. The van der Waals surface area contributed by atoms with Crippen LogP contribution in [0.3, 0.4) is 0 Å².